The highest BCUT2D eigenvalue weighted by atomic mass is 16.5. The van der Waals surface area contributed by atoms with Crippen LogP contribution < -0.4 is 5.32 Å². The summed E-state index contributed by atoms with van der Waals surface area (Å²) in [5.41, 5.74) is 1.75. The van der Waals surface area contributed by atoms with Crippen LogP contribution in [0, 0.1) is 13.8 Å². The summed E-state index contributed by atoms with van der Waals surface area (Å²) in [6, 6.07) is 10.3. The van der Waals surface area contributed by atoms with Crippen LogP contribution in [0.1, 0.15) is 47.2 Å². The number of nitrogens with zero attached hydrogens (tertiary/aromatic N) is 2. The van der Waals surface area contributed by atoms with Gasteiger partial charge in [-0.1, -0.05) is 30.3 Å². The van der Waals surface area contributed by atoms with Crippen molar-refractivity contribution < 1.29 is 19.1 Å². The van der Waals surface area contributed by atoms with Crippen molar-refractivity contribution in [3.8, 4) is 0 Å². The Bertz CT molecular complexity index is 950. The Morgan fingerprint density at radius 1 is 1.21 bits per heavy atom. The number of nitrogens with one attached hydrogen (secondary N) is 1. The fourth-order valence-electron chi connectivity index (χ4n) is 4.09. The van der Waals surface area contributed by atoms with Gasteiger partial charge >= 0.3 is 6.03 Å². The van der Waals surface area contributed by atoms with Gasteiger partial charge in [0.05, 0.1) is 19.2 Å². The van der Waals surface area contributed by atoms with Crippen molar-refractivity contribution in [2.24, 2.45) is 0 Å². The van der Waals surface area contributed by atoms with Crippen molar-refractivity contribution in [1.29, 1.82) is 0 Å². The summed E-state index contributed by atoms with van der Waals surface area (Å²) < 4.78 is 7.27. The number of ketones is 1. The predicted molar refractivity (Wildman–Crippen MR) is 109 cm³/mol. The molecule has 1 aromatic heterocycles. The fourth-order valence-corrected chi connectivity index (χ4v) is 4.09. The van der Waals surface area contributed by atoms with Gasteiger partial charge in [0, 0.05) is 24.1 Å². The first kappa shape index (κ1) is 20.8. The van der Waals surface area contributed by atoms with E-state index in [9.17, 15) is 14.4 Å². The van der Waals surface area contributed by atoms with Gasteiger partial charge < -0.3 is 14.6 Å². The molecule has 0 saturated carbocycles. The molecule has 29 heavy (non-hydrogen) atoms. The molecule has 2 aromatic rings. The van der Waals surface area contributed by atoms with Crippen molar-refractivity contribution in [3.05, 3.63) is 58.9 Å². The molecule has 0 unspecified atom stereocenters. The van der Waals surface area contributed by atoms with Gasteiger partial charge in [-0.15, -0.1) is 0 Å². The zero-order valence-corrected chi connectivity index (χ0v) is 17.5. The molecule has 2 atom stereocenters. The van der Waals surface area contributed by atoms with E-state index in [2.05, 4.69) is 5.32 Å². The van der Waals surface area contributed by atoms with Gasteiger partial charge in [-0.3, -0.25) is 14.5 Å². The number of methoxy groups -OCH3 is 1. The number of aryl methyl sites for hydroxylation is 1. The Morgan fingerprint density at radius 2 is 1.86 bits per heavy atom. The fraction of sp³-hybridized carbons (Fsp3) is 0.409. The van der Waals surface area contributed by atoms with Gasteiger partial charge in [0.25, 0.3) is 5.91 Å². The van der Waals surface area contributed by atoms with E-state index in [4.69, 9.17) is 4.74 Å². The van der Waals surface area contributed by atoms with Crippen molar-refractivity contribution in [2.45, 2.75) is 39.3 Å². The predicted octanol–water partition coefficient (Wildman–Crippen LogP) is 2.96. The molecule has 0 aliphatic carbocycles. The van der Waals surface area contributed by atoms with Gasteiger partial charge in [0.2, 0.25) is 0 Å². The lowest BCUT2D eigenvalue weighted by molar-refractivity contribution is -0.130. The number of Topliss-reactive ketones (excluding diaryl/α,β-unsaturated/α-hetero) is 1. The first-order chi connectivity index (χ1) is 13.7. The molecule has 1 saturated heterocycles. The molecule has 1 aliphatic heterocycles. The molecule has 0 bridgehead atoms. The average Bonchev–Trinajstić information content (AvgIpc) is 3.10. The number of amides is 3. The number of aromatic nitrogens is 1. The molecule has 7 heteroatoms. The third kappa shape index (κ3) is 3.58. The second-order valence-electron chi connectivity index (χ2n) is 7.69. The lowest BCUT2D eigenvalue weighted by atomic mass is 9.92. The molecule has 7 nitrogen and oxygen atoms in total. The molecular weight excluding hydrogens is 370 g/mol. The van der Waals surface area contributed by atoms with E-state index in [0.717, 1.165) is 16.3 Å². The van der Waals surface area contributed by atoms with Crippen molar-refractivity contribution in [2.75, 3.05) is 20.3 Å². The Hall–Kier alpha value is -2.93. The number of ether oxygens (including phenoxy) is 1. The summed E-state index contributed by atoms with van der Waals surface area (Å²) in [7, 11) is 1.64. The van der Waals surface area contributed by atoms with Crippen LogP contribution in [0.2, 0.25) is 0 Å². The quantitative estimate of drug-likeness (QED) is 0.575. The topological polar surface area (TPSA) is 80.6 Å². The SMILES string of the molecule is COC[C@H](C)n1c(C)cc(C(=O)CN2C(=O)N[C@](C)(c3ccccc3)C2=O)c1C. The van der Waals surface area contributed by atoms with Crippen LogP contribution in [0.15, 0.2) is 36.4 Å². The second-order valence-corrected chi connectivity index (χ2v) is 7.69. The Balaban J connectivity index is 1.84. The minimum atomic E-state index is -1.18. The molecule has 1 N–H and O–H groups in total. The van der Waals surface area contributed by atoms with Gasteiger partial charge in [-0.05, 0) is 39.3 Å². The molecule has 2 heterocycles. The largest absolute Gasteiger partial charge is 0.383 e. The van der Waals surface area contributed by atoms with Gasteiger partial charge in [-0.25, -0.2) is 4.79 Å². The molecule has 154 valence electrons. The average molecular weight is 397 g/mol. The number of carbonyl (C=O) groups excluding carboxylic acids is 3. The van der Waals surface area contributed by atoms with Gasteiger partial charge in [-0.2, -0.15) is 0 Å². The summed E-state index contributed by atoms with van der Waals surface area (Å²) >= 11 is 0. The number of urea groups is 1. The van der Waals surface area contributed by atoms with Crippen LogP contribution in [0.25, 0.3) is 0 Å². The van der Waals surface area contributed by atoms with E-state index < -0.39 is 17.5 Å². The van der Waals surface area contributed by atoms with E-state index in [1.54, 1.807) is 32.2 Å². The zero-order chi connectivity index (χ0) is 21.3. The third-order valence-corrected chi connectivity index (χ3v) is 5.56. The first-order valence-electron chi connectivity index (χ1n) is 9.61. The Morgan fingerprint density at radius 3 is 2.48 bits per heavy atom. The highest BCUT2D eigenvalue weighted by Crippen LogP contribution is 2.29. The number of hydrogen-bond acceptors (Lipinski definition) is 4. The number of imide groups is 1. The minimum Gasteiger partial charge on any atom is -0.383 e. The molecule has 0 radical (unpaired) electrons. The highest BCUT2D eigenvalue weighted by Gasteiger charge is 2.49. The molecule has 1 aromatic carbocycles. The standard InChI is InChI=1S/C22H27N3O4/c1-14-11-18(16(3)25(14)15(2)13-29-5)19(26)12-24-20(27)22(4,23-21(24)28)17-9-7-6-8-10-17/h6-11,15H,12-13H2,1-5H3,(H,23,28)/t15-,22+/m0/s1. The Kier molecular flexibility index (Phi) is 5.61. The van der Waals surface area contributed by atoms with Crippen LogP contribution in [-0.2, 0) is 15.1 Å². The van der Waals surface area contributed by atoms with E-state index >= 15 is 0 Å². The van der Waals surface area contributed by atoms with Crippen LogP contribution in [0.4, 0.5) is 4.79 Å². The molecule has 3 amide bonds. The molecule has 1 aliphatic rings. The summed E-state index contributed by atoms with van der Waals surface area (Å²) in [6.45, 7) is 7.69. The summed E-state index contributed by atoms with van der Waals surface area (Å²) in [6.07, 6.45) is 0. The summed E-state index contributed by atoms with van der Waals surface area (Å²) in [5, 5.41) is 2.73. The maximum absolute atomic E-state index is 13.0. The van der Waals surface area contributed by atoms with Gasteiger partial charge in [0.1, 0.15) is 5.54 Å². The first-order valence-corrected chi connectivity index (χ1v) is 9.61. The maximum atomic E-state index is 13.0. The third-order valence-electron chi connectivity index (χ3n) is 5.56. The van der Waals surface area contributed by atoms with E-state index in [1.807, 2.05) is 43.5 Å². The number of benzene rings is 1. The van der Waals surface area contributed by atoms with Crippen molar-refractivity contribution in [1.82, 2.24) is 14.8 Å². The maximum Gasteiger partial charge on any atom is 0.325 e. The summed E-state index contributed by atoms with van der Waals surface area (Å²) in [4.78, 5) is 39.5. The van der Waals surface area contributed by atoms with Crippen LogP contribution >= 0.6 is 0 Å². The van der Waals surface area contributed by atoms with Gasteiger partial charge in [0.15, 0.2) is 5.78 Å². The van der Waals surface area contributed by atoms with E-state index in [0.29, 0.717) is 17.7 Å². The molecule has 3 rings (SSSR count). The van der Waals surface area contributed by atoms with Crippen LogP contribution in [0.3, 0.4) is 0 Å². The number of carbonyl (C=O) groups is 3. The van der Waals surface area contributed by atoms with Crippen LogP contribution in [-0.4, -0.2) is 47.4 Å². The molecule has 1 fully saturated rings. The second kappa shape index (κ2) is 7.83. The smallest absolute Gasteiger partial charge is 0.325 e. The normalized spacial score (nSPS) is 20.1. The van der Waals surface area contributed by atoms with Crippen molar-refractivity contribution >= 4 is 17.7 Å². The monoisotopic (exact) mass is 397 g/mol. The van der Waals surface area contributed by atoms with E-state index in [1.165, 1.54) is 0 Å². The van der Waals surface area contributed by atoms with Crippen LogP contribution in [0.5, 0.6) is 0 Å². The van der Waals surface area contributed by atoms with E-state index in [-0.39, 0.29) is 18.4 Å². The number of rotatable bonds is 7. The highest BCUT2D eigenvalue weighted by molar-refractivity contribution is 6.11. The molecular formula is C22H27N3O4. The number of hydrogen-bond donors (Lipinski definition) is 1. The Labute approximate surface area is 170 Å². The summed E-state index contributed by atoms with van der Waals surface area (Å²) in [5.74, 6) is -0.696. The van der Waals surface area contributed by atoms with Crippen molar-refractivity contribution in [3.63, 3.8) is 0 Å². The lowest BCUT2D eigenvalue weighted by Gasteiger charge is -2.22. The minimum absolute atomic E-state index is 0.0691. The lowest BCUT2D eigenvalue weighted by Crippen LogP contribution is -2.41. The zero-order valence-electron chi connectivity index (χ0n) is 17.5. The molecule has 0 spiro atoms.